The molecular formula is C23H38N4O. The molecule has 156 valence electrons. The fourth-order valence-electron chi connectivity index (χ4n) is 4.33. The van der Waals surface area contributed by atoms with Crippen LogP contribution < -0.4 is 5.32 Å². The Kier molecular flexibility index (Phi) is 7.74. The molecule has 28 heavy (non-hydrogen) atoms. The van der Waals surface area contributed by atoms with Gasteiger partial charge in [-0.2, -0.15) is 0 Å². The molecule has 3 rings (SSSR count). The summed E-state index contributed by atoms with van der Waals surface area (Å²) in [5, 5.41) is 3.52. The number of nitrogens with one attached hydrogen (secondary N) is 1. The summed E-state index contributed by atoms with van der Waals surface area (Å²) >= 11 is 0. The molecule has 0 bridgehead atoms. The highest BCUT2D eigenvalue weighted by molar-refractivity contribution is 5.80. The summed E-state index contributed by atoms with van der Waals surface area (Å²) in [5.74, 6) is 1.71. The van der Waals surface area contributed by atoms with E-state index in [-0.39, 0.29) is 6.10 Å². The number of nitrogens with zero attached hydrogens (tertiary/aromatic N) is 3. The van der Waals surface area contributed by atoms with Crippen LogP contribution >= 0.6 is 0 Å². The van der Waals surface area contributed by atoms with Crippen LogP contribution in [0.5, 0.6) is 0 Å². The summed E-state index contributed by atoms with van der Waals surface area (Å²) < 4.78 is 6.11. The maximum absolute atomic E-state index is 6.11. The zero-order chi connectivity index (χ0) is 19.9. The first-order valence-electron chi connectivity index (χ1n) is 11.0. The standard InChI is InChI=1S/C23H38N4O/c1-5-24-23(25-15-20-10-8-12-26(16-20)18(2)3)27-13-14-28-22(17-27)21-11-7-6-9-19(21)4/h6-7,9,11,18,20,22H,5,8,10,12-17H2,1-4H3,(H,24,25). The Morgan fingerprint density at radius 2 is 2.07 bits per heavy atom. The first-order chi connectivity index (χ1) is 13.6. The fourth-order valence-corrected chi connectivity index (χ4v) is 4.33. The van der Waals surface area contributed by atoms with Gasteiger partial charge < -0.3 is 19.9 Å². The third kappa shape index (κ3) is 5.48. The van der Waals surface area contributed by atoms with Crippen molar-refractivity contribution in [1.29, 1.82) is 0 Å². The Balaban J connectivity index is 1.65. The van der Waals surface area contributed by atoms with Crippen LogP contribution in [0.2, 0.25) is 0 Å². The van der Waals surface area contributed by atoms with Crippen LogP contribution in [0.3, 0.4) is 0 Å². The molecule has 0 amide bonds. The van der Waals surface area contributed by atoms with Crippen LogP contribution in [0.4, 0.5) is 0 Å². The van der Waals surface area contributed by atoms with E-state index >= 15 is 0 Å². The van der Waals surface area contributed by atoms with E-state index in [0.29, 0.717) is 12.0 Å². The molecule has 2 fully saturated rings. The van der Waals surface area contributed by atoms with Crippen molar-refractivity contribution in [2.45, 2.75) is 52.7 Å². The quantitative estimate of drug-likeness (QED) is 0.621. The van der Waals surface area contributed by atoms with E-state index in [9.17, 15) is 0 Å². The van der Waals surface area contributed by atoms with Crippen molar-refractivity contribution in [3.63, 3.8) is 0 Å². The van der Waals surface area contributed by atoms with Crippen molar-refractivity contribution < 1.29 is 4.74 Å². The van der Waals surface area contributed by atoms with Crippen LogP contribution in [0.25, 0.3) is 0 Å². The minimum Gasteiger partial charge on any atom is -0.370 e. The summed E-state index contributed by atoms with van der Waals surface area (Å²) in [6.07, 6.45) is 2.70. The summed E-state index contributed by atoms with van der Waals surface area (Å²) in [4.78, 5) is 10.0. The summed E-state index contributed by atoms with van der Waals surface area (Å²) in [5.41, 5.74) is 2.59. The summed E-state index contributed by atoms with van der Waals surface area (Å²) in [7, 11) is 0. The topological polar surface area (TPSA) is 40.1 Å². The molecule has 0 spiro atoms. The summed E-state index contributed by atoms with van der Waals surface area (Å²) in [6, 6.07) is 9.19. The number of aryl methyl sites for hydroxylation is 1. The van der Waals surface area contributed by atoms with E-state index in [2.05, 4.69) is 67.1 Å². The number of guanidine groups is 1. The van der Waals surface area contributed by atoms with Gasteiger partial charge >= 0.3 is 0 Å². The van der Waals surface area contributed by atoms with Crippen LogP contribution in [0.1, 0.15) is 50.8 Å². The zero-order valence-electron chi connectivity index (χ0n) is 18.2. The Bertz CT molecular complexity index is 645. The Morgan fingerprint density at radius 1 is 1.25 bits per heavy atom. The third-order valence-electron chi connectivity index (χ3n) is 6.02. The molecule has 0 radical (unpaired) electrons. The van der Waals surface area contributed by atoms with Crippen molar-refractivity contribution >= 4 is 5.96 Å². The number of piperidine rings is 1. The highest BCUT2D eigenvalue weighted by atomic mass is 16.5. The van der Waals surface area contributed by atoms with Crippen LogP contribution in [-0.4, -0.2) is 67.7 Å². The maximum Gasteiger partial charge on any atom is 0.194 e. The highest BCUT2D eigenvalue weighted by Crippen LogP contribution is 2.25. The largest absolute Gasteiger partial charge is 0.370 e. The van der Waals surface area contributed by atoms with E-state index in [4.69, 9.17) is 9.73 Å². The van der Waals surface area contributed by atoms with E-state index in [1.807, 2.05) is 0 Å². The molecule has 2 atom stereocenters. The smallest absolute Gasteiger partial charge is 0.194 e. The second-order valence-electron chi connectivity index (χ2n) is 8.45. The van der Waals surface area contributed by atoms with Crippen LogP contribution in [-0.2, 0) is 4.74 Å². The average molecular weight is 387 g/mol. The molecule has 1 aromatic carbocycles. The molecule has 0 saturated carbocycles. The molecule has 2 aliphatic heterocycles. The van der Waals surface area contributed by atoms with Gasteiger partial charge in [-0.3, -0.25) is 4.99 Å². The highest BCUT2D eigenvalue weighted by Gasteiger charge is 2.26. The van der Waals surface area contributed by atoms with Crippen molar-refractivity contribution in [3.8, 4) is 0 Å². The molecular weight excluding hydrogens is 348 g/mol. The van der Waals surface area contributed by atoms with Gasteiger partial charge in [0.05, 0.1) is 13.2 Å². The second-order valence-corrected chi connectivity index (χ2v) is 8.45. The Morgan fingerprint density at radius 3 is 2.82 bits per heavy atom. The molecule has 5 nitrogen and oxygen atoms in total. The maximum atomic E-state index is 6.11. The Labute approximate surface area is 171 Å². The molecule has 2 aliphatic rings. The normalized spacial score (nSPS) is 24.6. The number of ether oxygens (including phenoxy) is 1. The molecule has 2 heterocycles. The number of aliphatic imine (C=N–C) groups is 1. The number of morpholine rings is 1. The number of hydrogen-bond donors (Lipinski definition) is 1. The lowest BCUT2D eigenvalue weighted by molar-refractivity contribution is -0.00837. The van der Waals surface area contributed by atoms with Gasteiger partial charge in [0.2, 0.25) is 0 Å². The van der Waals surface area contributed by atoms with Gasteiger partial charge in [0.25, 0.3) is 0 Å². The average Bonchev–Trinajstić information content (AvgIpc) is 2.72. The number of hydrogen-bond acceptors (Lipinski definition) is 3. The van der Waals surface area contributed by atoms with Crippen molar-refractivity contribution in [3.05, 3.63) is 35.4 Å². The molecule has 1 N–H and O–H groups in total. The van der Waals surface area contributed by atoms with Crippen LogP contribution in [0, 0.1) is 12.8 Å². The second kappa shape index (κ2) is 10.3. The van der Waals surface area contributed by atoms with Crippen molar-refractivity contribution in [1.82, 2.24) is 15.1 Å². The molecule has 5 heteroatoms. The molecule has 0 aliphatic carbocycles. The van der Waals surface area contributed by atoms with E-state index in [1.165, 1.54) is 37.1 Å². The van der Waals surface area contributed by atoms with E-state index < -0.39 is 0 Å². The van der Waals surface area contributed by atoms with Gasteiger partial charge in [-0.1, -0.05) is 24.3 Å². The first kappa shape index (κ1) is 21.1. The number of likely N-dealkylation sites (tertiary alicyclic amines) is 1. The van der Waals surface area contributed by atoms with E-state index in [0.717, 1.165) is 38.7 Å². The van der Waals surface area contributed by atoms with Gasteiger partial charge in [-0.15, -0.1) is 0 Å². The third-order valence-corrected chi connectivity index (χ3v) is 6.02. The van der Waals surface area contributed by atoms with E-state index in [1.54, 1.807) is 0 Å². The minimum atomic E-state index is 0.116. The predicted molar refractivity (Wildman–Crippen MR) is 117 cm³/mol. The first-order valence-corrected chi connectivity index (χ1v) is 11.0. The van der Waals surface area contributed by atoms with Gasteiger partial charge in [0.1, 0.15) is 6.10 Å². The minimum absolute atomic E-state index is 0.116. The molecule has 2 saturated heterocycles. The molecule has 1 aromatic rings. The monoisotopic (exact) mass is 386 g/mol. The molecule has 2 unspecified atom stereocenters. The van der Waals surface area contributed by atoms with Crippen molar-refractivity contribution in [2.24, 2.45) is 10.9 Å². The molecule has 0 aromatic heterocycles. The van der Waals surface area contributed by atoms with Crippen LogP contribution in [0.15, 0.2) is 29.3 Å². The van der Waals surface area contributed by atoms with Gasteiger partial charge in [0.15, 0.2) is 5.96 Å². The SMILES string of the molecule is CCNC(=NCC1CCCN(C(C)C)C1)N1CCOC(c2ccccc2C)C1. The summed E-state index contributed by atoms with van der Waals surface area (Å²) in [6.45, 7) is 15.6. The number of benzene rings is 1. The fraction of sp³-hybridized carbons (Fsp3) is 0.696. The van der Waals surface area contributed by atoms with Gasteiger partial charge in [-0.25, -0.2) is 0 Å². The number of rotatable bonds is 5. The predicted octanol–water partition coefficient (Wildman–Crippen LogP) is 3.45. The lowest BCUT2D eigenvalue weighted by atomic mass is 9.97. The van der Waals surface area contributed by atoms with Crippen molar-refractivity contribution in [2.75, 3.05) is 45.9 Å². The lowest BCUT2D eigenvalue weighted by Crippen LogP contribution is -2.48. The lowest BCUT2D eigenvalue weighted by Gasteiger charge is -2.37. The van der Waals surface area contributed by atoms with Gasteiger partial charge in [0, 0.05) is 32.2 Å². The Hall–Kier alpha value is -1.59. The van der Waals surface area contributed by atoms with Gasteiger partial charge in [-0.05, 0) is 64.1 Å². The zero-order valence-corrected chi connectivity index (χ0v) is 18.2.